The fraction of sp³-hybridized carbons (Fsp3) is 0.571. The summed E-state index contributed by atoms with van der Waals surface area (Å²) in [5.41, 5.74) is 4.87. The molecule has 0 N–H and O–H groups in total. The highest BCUT2D eigenvalue weighted by molar-refractivity contribution is 8.00. The lowest BCUT2D eigenvalue weighted by Crippen LogP contribution is -2.36. The van der Waals surface area contributed by atoms with Gasteiger partial charge in [-0.25, -0.2) is 47.9 Å². The lowest BCUT2D eigenvalue weighted by Gasteiger charge is -2.24. The first-order chi connectivity index (χ1) is 30.1. The van der Waals surface area contributed by atoms with Crippen molar-refractivity contribution in [3.8, 4) is 22.8 Å². The molecule has 64 heavy (non-hydrogen) atoms. The molecule has 2 atom stereocenters. The number of imidazole rings is 2. The van der Waals surface area contributed by atoms with Crippen LogP contribution in [0, 0.1) is 13.8 Å². The van der Waals surface area contributed by atoms with Gasteiger partial charge in [-0.05, 0) is 82.1 Å². The van der Waals surface area contributed by atoms with Crippen molar-refractivity contribution in [3.63, 3.8) is 0 Å². The van der Waals surface area contributed by atoms with E-state index in [9.17, 15) is 18.0 Å². The van der Waals surface area contributed by atoms with E-state index in [0.717, 1.165) is 57.5 Å². The number of ether oxygens (including phenoxy) is 2. The van der Waals surface area contributed by atoms with Gasteiger partial charge in [0.25, 0.3) is 0 Å². The van der Waals surface area contributed by atoms with Crippen LogP contribution in [0.3, 0.4) is 0 Å². The van der Waals surface area contributed by atoms with Gasteiger partial charge < -0.3 is 28.4 Å². The zero-order valence-corrected chi connectivity index (χ0v) is 40.3. The third kappa shape index (κ3) is 9.29. The molecular weight excluding hydrogens is 861 g/mol. The number of carbonyl (C=O) groups is 2. The van der Waals surface area contributed by atoms with Crippen LogP contribution in [0.1, 0.15) is 79.6 Å². The van der Waals surface area contributed by atoms with Crippen LogP contribution < -0.4 is 0 Å². The molecule has 2 aliphatic rings. The second-order valence-electron chi connectivity index (χ2n) is 17.9. The summed E-state index contributed by atoms with van der Waals surface area (Å²) in [6.07, 6.45) is 6.81. The Balaban J connectivity index is 0.000000192. The fourth-order valence-electron chi connectivity index (χ4n) is 7.81. The fourth-order valence-corrected chi connectivity index (χ4v) is 10.7. The molecule has 344 valence electrons. The van der Waals surface area contributed by atoms with Crippen molar-refractivity contribution >= 4 is 56.1 Å². The van der Waals surface area contributed by atoms with Crippen molar-refractivity contribution in [3.05, 3.63) is 36.4 Å². The first-order valence-corrected chi connectivity index (χ1v) is 23.8. The van der Waals surface area contributed by atoms with Crippen molar-refractivity contribution in [1.82, 2.24) is 68.4 Å². The van der Waals surface area contributed by atoms with Gasteiger partial charge in [-0.1, -0.05) is 11.8 Å². The number of aromatic nitrogens is 12. The second-order valence-corrected chi connectivity index (χ2v) is 21.4. The molecule has 0 spiro atoms. The van der Waals surface area contributed by atoms with Crippen LogP contribution in [0.4, 0.5) is 9.59 Å². The SMILES string of the molecule is CCn1ncc(-c2nc3c(S(=O)(=O)C4CCN(C(=O)OC(C)(C)C)C4)ncnc3n2C)c1C.CCn1ncc(-c2nc3c(SC4CCN(C(=O)OC(C)(C)C)C4)ncnc3n2C)c1C. The van der Waals surface area contributed by atoms with E-state index in [0.29, 0.717) is 44.1 Å². The normalized spacial score (nSPS) is 17.1. The third-order valence-corrected chi connectivity index (χ3v) is 14.5. The number of thioether (sulfide) groups is 1. The van der Waals surface area contributed by atoms with Crippen LogP contribution in [-0.4, -0.2) is 137 Å². The molecular formula is C42H58N14O6S2. The summed E-state index contributed by atoms with van der Waals surface area (Å²) in [6.45, 7) is 22.2. The smallest absolute Gasteiger partial charge is 0.410 e. The number of amides is 2. The van der Waals surface area contributed by atoms with E-state index in [-0.39, 0.29) is 28.4 Å². The Hall–Kier alpha value is -5.64. The molecule has 2 fully saturated rings. The van der Waals surface area contributed by atoms with E-state index in [4.69, 9.17) is 14.5 Å². The Bertz CT molecular complexity index is 2810. The Kier molecular flexibility index (Phi) is 12.8. The van der Waals surface area contributed by atoms with E-state index >= 15 is 0 Å². The van der Waals surface area contributed by atoms with E-state index in [1.165, 1.54) is 11.2 Å². The summed E-state index contributed by atoms with van der Waals surface area (Å²) in [4.78, 5) is 54.9. The first kappa shape index (κ1) is 46.4. The molecule has 2 amide bonds. The highest BCUT2D eigenvalue weighted by atomic mass is 32.2. The maximum atomic E-state index is 13.5. The highest BCUT2D eigenvalue weighted by Crippen LogP contribution is 2.35. The average molecular weight is 919 g/mol. The van der Waals surface area contributed by atoms with E-state index < -0.39 is 32.4 Å². The topological polar surface area (TPSA) is 216 Å². The largest absolute Gasteiger partial charge is 0.444 e. The summed E-state index contributed by atoms with van der Waals surface area (Å²) >= 11 is 1.65. The van der Waals surface area contributed by atoms with E-state index in [1.54, 1.807) is 61.6 Å². The van der Waals surface area contributed by atoms with Crippen LogP contribution in [-0.2, 0) is 46.5 Å². The number of hydrogen-bond acceptors (Lipinski definition) is 15. The van der Waals surface area contributed by atoms with Crippen molar-refractivity contribution in [2.24, 2.45) is 14.1 Å². The molecule has 8 rings (SSSR count). The Morgan fingerprint density at radius 1 is 0.719 bits per heavy atom. The monoisotopic (exact) mass is 918 g/mol. The summed E-state index contributed by atoms with van der Waals surface area (Å²) < 4.78 is 45.5. The number of aryl methyl sites for hydroxylation is 4. The average Bonchev–Trinajstić information content (AvgIpc) is 4.09. The van der Waals surface area contributed by atoms with Crippen LogP contribution >= 0.6 is 11.8 Å². The standard InChI is InChI=1S/C21H29N7O4S.C21H29N7O2S/c1-7-28-13(2)15(10-24-28)17-25-16-18(26(17)6)22-12-23-19(16)33(30,31)14-8-9-27(11-14)20(29)32-21(3,4)5;1-7-28-13(2)15(10-24-28)17-25-16-18(26(17)6)22-12-23-19(16)31-14-8-9-27(11-14)20(29)30-21(3,4)5/h10,12,14H,7-9,11H2,1-6H3;10,12,14H,7-9,11H2,1-6H3. The minimum atomic E-state index is -3.87. The number of fused-ring (bicyclic) bond motifs is 2. The van der Waals surface area contributed by atoms with Gasteiger partial charge in [0, 0.05) is 70.0 Å². The molecule has 0 bridgehead atoms. The number of carbonyl (C=O) groups excluding carboxylic acids is 2. The van der Waals surface area contributed by atoms with Crippen molar-refractivity contribution in [1.29, 1.82) is 0 Å². The van der Waals surface area contributed by atoms with Gasteiger partial charge in [0.2, 0.25) is 9.84 Å². The second kappa shape index (κ2) is 17.7. The summed E-state index contributed by atoms with van der Waals surface area (Å²) in [5.74, 6) is 1.40. The molecule has 22 heteroatoms. The molecule has 0 aliphatic carbocycles. The lowest BCUT2D eigenvalue weighted by atomic mass is 10.2. The molecule has 8 heterocycles. The Labute approximate surface area is 377 Å². The highest BCUT2D eigenvalue weighted by Gasteiger charge is 2.40. The van der Waals surface area contributed by atoms with Gasteiger partial charge in [-0.2, -0.15) is 10.2 Å². The number of sulfone groups is 1. The maximum Gasteiger partial charge on any atom is 0.410 e. The van der Waals surface area contributed by atoms with Gasteiger partial charge in [0.1, 0.15) is 51.6 Å². The zero-order chi connectivity index (χ0) is 46.5. The minimum absolute atomic E-state index is 0.0464. The van der Waals surface area contributed by atoms with Crippen molar-refractivity contribution < 1.29 is 27.5 Å². The molecule has 6 aromatic rings. The van der Waals surface area contributed by atoms with Gasteiger partial charge >= 0.3 is 12.2 Å². The molecule has 20 nitrogen and oxygen atoms in total. The quantitative estimate of drug-likeness (QED) is 0.160. The van der Waals surface area contributed by atoms with Crippen LogP contribution in [0.25, 0.3) is 45.1 Å². The van der Waals surface area contributed by atoms with Gasteiger partial charge in [-0.15, -0.1) is 0 Å². The van der Waals surface area contributed by atoms with Crippen LogP contribution in [0.15, 0.2) is 35.1 Å². The van der Waals surface area contributed by atoms with Crippen molar-refractivity contribution in [2.75, 3.05) is 26.2 Å². The van der Waals surface area contributed by atoms with E-state index in [1.807, 2.05) is 61.8 Å². The molecule has 2 unspecified atom stereocenters. The van der Waals surface area contributed by atoms with Gasteiger partial charge in [0.05, 0.1) is 28.8 Å². The molecule has 2 saturated heterocycles. The molecule has 2 aliphatic heterocycles. The molecule has 0 radical (unpaired) electrons. The maximum absolute atomic E-state index is 13.5. The number of hydrogen-bond donors (Lipinski definition) is 0. The van der Waals surface area contributed by atoms with Crippen molar-refractivity contribution in [2.45, 2.75) is 127 Å². The lowest BCUT2D eigenvalue weighted by molar-refractivity contribution is 0.0285. The Morgan fingerprint density at radius 3 is 1.72 bits per heavy atom. The minimum Gasteiger partial charge on any atom is -0.444 e. The Morgan fingerprint density at radius 2 is 1.20 bits per heavy atom. The van der Waals surface area contributed by atoms with Crippen LogP contribution in [0.5, 0.6) is 0 Å². The van der Waals surface area contributed by atoms with Crippen LogP contribution in [0.2, 0.25) is 0 Å². The summed E-state index contributed by atoms with van der Waals surface area (Å²) in [5, 5.41) is 8.98. The third-order valence-electron chi connectivity index (χ3n) is 11.1. The number of rotatable bonds is 8. The zero-order valence-electron chi connectivity index (χ0n) is 38.6. The summed E-state index contributed by atoms with van der Waals surface area (Å²) in [7, 11) is -0.113. The van der Waals surface area contributed by atoms with E-state index in [2.05, 4.69) is 49.0 Å². The molecule has 6 aromatic heterocycles. The predicted octanol–water partition coefficient (Wildman–Crippen LogP) is 5.99. The number of nitrogens with zero attached hydrogens (tertiary/aromatic N) is 14. The summed E-state index contributed by atoms with van der Waals surface area (Å²) in [6, 6.07) is 0. The molecule has 0 saturated carbocycles. The number of likely N-dealkylation sites (tertiary alicyclic amines) is 2. The molecule has 0 aromatic carbocycles. The van der Waals surface area contributed by atoms with Gasteiger partial charge in [0.15, 0.2) is 16.3 Å². The van der Waals surface area contributed by atoms with Gasteiger partial charge in [-0.3, -0.25) is 9.36 Å². The predicted molar refractivity (Wildman–Crippen MR) is 241 cm³/mol. The first-order valence-electron chi connectivity index (χ1n) is 21.4.